The van der Waals surface area contributed by atoms with Crippen molar-refractivity contribution in [3.8, 4) is 25.7 Å². The van der Waals surface area contributed by atoms with E-state index < -0.39 is 24.1 Å². The highest BCUT2D eigenvalue weighted by molar-refractivity contribution is 5.82. The molecule has 1 aromatic rings. The molecule has 2 unspecified atom stereocenters. The summed E-state index contributed by atoms with van der Waals surface area (Å²) in [7, 11) is 1.00. The van der Waals surface area contributed by atoms with E-state index in [1.54, 1.807) is 0 Å². The highest BCUT2D eigenvalue weighted by atomic mass is 16.5. The molecule has 0 saturated heterocycles. The Labute approximate surface area is 163 Å². The van der Waals surface area contributed by atoms with Crippen molar-refractivity contribution in [1.29, 1.82) is 0 Å². The van der Waals surface area contributed by atoms with Crippen LogP contribution in [0.4, 0.5) is 4.79 Å². The Hall–Kier alpha value is -3.45. The molecule has 0 aromatic carbocycles. The van der Waals surface area contributed by atoms with Crippen molar-refractivity contribution in [2.45, 2.75) is 39.1 Å². The van der Waals surface area contributed by atoms with Crippen molar-refractivity contribution < 1.29 is 34.2 Å². The number of urea groups is 1. The van der Waals surface area contributed by atoms with Crippen LogP contribution in [0.1, 0.15) is 25.6 Å². The van der Waals surface area contributed by atoms with Crippen molar-refractivity contribution in [2.75, 3.05) is 7.11 Å². The maximum atomic E-state index is 11.4. The summed E-state index contributed by atoms with van der Waals surface area (Å²) in [5.74, 6) is -0.905. The first kappa shape index (κ1) is 32.2. The lowest BCUT2D eigenvalue weighted by Crippen LogP contribution is -2.51. The zero-order chi connectivity index (χ0) is 23.1. The summed E-state index contributed by atoms with van der Waals surface area (Å²) in [4.78, 5) is 34.8. The molecule has 1 aromatic heterocycles. The maximum Gasteiger partial charge on any atom is 0.328 e. The van der Waals surface area contributed by atoms with Crippen LogP contribution in [-0.2, 0) is 22.7 Å². The summed E-state index contributed by atoms with van der Waals surface area (Å²) in [6.07, 6.45) is 15.5. The van der Waals surface area contributed by atoms with Crippen molar-refractivity contribution in [3.63, 3.8) is 0 Å². The van der Waals surface area contributed by atoms with Gasteiger partial charge in [0.05, 0.1) is 19.2 Å². The van der Waals surface area contributed by atoms with Gasteiger partial charge in [0.2, 0.25) is 5.89 Å². The summed E-state index contributed by atoms with van der Waals surface area (Å²) in [5.41, 5.74) is 5.27. The van der Waals surface area contributed by atoms with Crippen LogP contribution in [0.15, 0.2) is 4.52 Å². The van der Waals surface area contributed by atoms with Crippen LogP contribution in [0, 0.1) is 25.7 Å². The number of carboxylic acid groups (broad SMARTS) is 1. The fourth-order valence-electron chi connectivity index (χ4n) is 1.18. The van der Waals surface area contributed by atoms with Crippen molar-refractivity contribution in [2.24, 2.45) is 5.73 Å². The molecule has 0 bridgehead atoms. The second-order valence-electron chi connectivity index (χ2n) is 3.93. The first-order valence-corrected chi connectivity index (χ1v) is 7.33. The molecule has 158 valence electrons. The number of hydrogen-bond donors (Lipinski definition) is 6. The summed E-state index contributed by atoms with van der Waals surface area (Å²) in [6.45, 7) is 2.73. The zero-order valence-corrected chi connectivity index (χ0v) is 15.9. The quantitative estimate of drug-likeness (QED) is 0.240. The normalized spacial score (nSPS) is 10.1. The van der Waals surface area contributed by atoms with E-state index in [1.165, 1.54) is 13.8 Å². The lowest BCUT2D eigenvalue weighted by molar-refractivity contribution is -0.141. The number of carboxylic acids is 1. The first-order chi connectivity index (χ1) is 13.3. The number of amides is 2. The van der Waals surface area contributed by atoms with Crippen LogP contribution in [0.5, 0.6) is 0 Å². The van der Waals surface area contributed by atoms with Gasteiger partial charge in [0.25, 0.3) is 0 Å². The fraction of sp³-hybridized carbons (Fsp3) is 0.438. The zero-order valence-electron chi connectivity index (χ0n) is 15.9. The number of terminal acetylenes is 2. The van der Waals surface area contributed by atoms with Gasteiger partial charge in [0, 0.05) is 7.11 Å². The van der Waals surface area contributed by atoms with E-state index in [0.29, 0.717) is 5.82 Å². The molecular formula is C16H27N5O7. The number of nitrogens with one attached hydrogen (secondary N) is 2. The van der Waals surface area contributed by atoms with Gasteiger partial charge in [-0.2, -0.15) is 4.98 Å². The van der Waals surface area contributed by atoms with Gasteiger partial charge in [-0.3, -0.25) is 0 Å². The van der Waals surface area contributed by atoms with E-state index in [1.807, 2.05) is 0 Å². The SMILES string of the molecule is C#C.C#C.CC(O)C(NC(=O)NCc1nc(CN)no1)C(=O)O.CC=O.CO. The monoisotopic (exact) mass is 401 g/mol. The van der Waals surface area contributed by atoms with Crippen LogP contribution in [-0.4, -0.2) is 63.0 Å². The first-order valence-electron chi connectivity index (χ1n) is 7.33. The van der Waals surface area contributed by atoms with E-state index >= 15 is 0 Å². The molecule has 1 rings (SSSR count). The molecule has 0 aliphatic rings. The molecule has 28 heavy (non-hydrogen) atoms. The third-order valence-corrected chi connectivity index (χ3v) is 2.13. The van der Waals surface area contributed by atoms with Gasteiger partial charge in [0.15, 0.2) is 11.9 Å². The molecule has 1 heterocycles. The van der Waals surface area contributed by atoms with Gasteiger partial charge >= 0.3 is 12.0 Å². The number of aliphatic hydroxyl groups excluding tert-OH is 2. The second kappa shape index (κ2) is 23.5. The molecule has 12 nitrogen and oxygen atoms in total. The summed E-state index contributed by atoms with van der Waals surface area (Å²) in [5, 5.41) is 32.9. The van der Waals surface area contributed by atoms with Gasteiger partial charge in [-0.25, -0.2) is 9.59 Å². The van der Waals surface area contributed by atoms with Crippen LogP contribution < -0.4 is 16.4 Å². The minimum atomic E-state index is -1.40. The molecular weight excluding hydrogens is 374 g/mol. The Morgan fingerprint density at radius 3 is 2.07 bits per heavy atom. The highest BCUT2D eigenvalue weighted by Crippen LogP contribution is 1.96. The molecule has 12 heteroatoms. The molecule has 0 radical (unpaired) electrons. The topological polar surface area (TPSA) is 201 Å². The van der Waals surface area contributed by atoms with Crippen molar-refractivity contribution >= 4 is 18.3 Å². The molecule has 2 atom stereocenters. The Balaban J connectivity index is -0.000000277. The van der Waals surface area contributed by atoms with Crippen LogP contribution in [0.25, 0.3) is 0 Å². The van der Waals surface area contributed by atoms with Crippen LogP contribution in [0.3, 0.4) is 0 Å². The predicted octanol–water partition coefficient (Wildman–Crippen LogP) is -1.53. The minimum absolute atomic E-state index is 0.0784. The average Bonchev–Trinajstić information content (AvgIpc) is 3.17. The number of carbonyl (C=O) groups is 3. The summed E-state index contributed by atoms with van der Waals surface area (Å²) in [6, 6.07) is -2.18. The predicted molar refractivity (Wildman–Crippen MR) is 100 cm³/mol. The van der Waals surface area contributed by atoms with Gasteiger partial charge in [0.1, 0.15) is 6.29 Å². The van der Waals surface area contributed by atoms with Crippen molar-refractivity contribution in [3.05, 3.63) is 11.7 Å². The number of aliphatic hydroxyl groups is 2. The number of aliphatic carboxylic acids is 1. The number of aromatic nitrogens is 2. The van der Waals surface area contributed by atoms with E-state index in [2.05, 4.69) is 46.5 Å². The average molecular weight is 401 g/mol. The van der Waals surface area contributed by atoms with E-state index in [0.717, 1.165) is 13.4 Å². The Morgan fingerprint density at radius 1 is 1.29 bits per heavy atom. The molecule has 0 aliphatic heterocycles. The summed E-state index contributed by atoms with van der Waals surface area (Å²) < 4.78 is 4.76. The number of rotatable bonds is 6. The van der Waals surface area contributed by atoms with E-state index in [9.17, 15) is 14.7 Å². The van der Waals surface area contributed by atoms with Gasteiger partial charge in [-0.1, -0.05) is 5.16 Å². The Bertz CT molecular complexity index is 564. The second-order valence-corrected chi connectivity index (χ2v) is 3.93. The lowest BCUT2D eigenvalue weighted by Gasteiger charge is -2.16. The smallest absolute Gasteiger partial charge is 0.328 e. The Kier molecular flexibility index (Phi) is 27.1. The third kappa shape index (κ3) is 17.4. The largest absolute Gasteiger partial charge is 0.480 e. The highest BCUT2D eigenvalue weighted by Gasteiger charge is 2.24. The molecule has 0 spiro atoms. The number of hydrogen-bond acceptors (Lipinski definition) is 9. The third-order valence-electron chi connectivity index (χ3n) is 2.13. The molecule has 2 amide bonds. The number of aldehydes is 1. The van der Waals surface area contributed by atoms with Crippen LogP contribution in [0.2, 0.25) is 0 Å². The Morgan fingerprint density at radius 2 is 1.75 bits per heavy atom. The number of nitrogens with two attached hydrogens (primary N) is 1. The van der Waals surface area contributed by atoms with E-state index in [4.69, 9.17) is 25.3 Å². The number of carbonyl (C=O) groups excluding carboxylic acids is 2. The van der Waals surface area contributed by atoms with E-state index in [-0.39, 0.29) is 19.0 Å². The molecule has 0 fully saturated rings. The summed E-state index contributed by atoms with van der Waals surface area (Å²) >= 11 is 0. The fourth-order valence-corrected chi connectivity index (χ4v) is 1.18. The lowest BCUT2D eigenvalue weighted by atomic mass is 10.2. The molecule has 0 saturated carbocycles. The van der Waals surface area contributed by atoms with Gasteiger partial charge in [-0.15, -0.1) is 25.7 Å². The molecule has 7 N–H and O–H groups in total. The van der Waals surface area contributed by atoms with Crippen molar-refractivity contribution in [1.82, 2.24) is 20.8 Å². The van der Waals surface area contributed by atoms with Gasteiger partial charge in [-0.05, 0) is 13.8 Å². The number of nitrogens with zero attached hydrogens (tertiary/aromatic N) is 2. The standard InChI is InChI=1S/C9H15N5O5.C2H4O.2C2H2.CH4O/c1-4(15)7(8(16)17)13-9(18)11-3-6-12-5(2-10)14-19-6;1-2-3;3*1-2/h4,7,15H,2-3,10H2,1H3,(H,16,17)(H2,11,13,18);2H,1H3;2*1-2H;2H,1H3. The van der Waals surface area contributed by atoms with Gasteiger partial charge < -0.3 is 41.0 Å². The molecule has 0 aliphatic carbocycles. The van der Waals surface area contributed by atoms with Crippen LogP contribution >= 0.6 is 0 Å². The maximum absolute atomic E-state index is 11.4. The minimum Gasteiger partial charge on any atom is -0.480 e.